The second-order valence-corrected chi connectivity index (χ2v) is 6.13. The zero-order chi connectivity index (χ0) is 17.6. The lowest BCUT2D eigenvalue weighted by Gasteiger charge is -2.29. The van der Waals surface area contributed by atoms with Gasteiger partial charge < -0.3 is 15.2 Å². The van der Waals surface area contributed by atoms with Crippen molar-refractivity contribution in [3.05, 3.63) is 35.9 Å². The highest BCUT2D eigenvalue weighted by atomic mass is 19.3. The second kappa shape index (κ2) is 8.08. The van der Waals surface area contributed by atoms with Gasteiger partial charge in [-0.25, -0.2) is 18.4 Å². The minimum atomic E-state index is -2.66. The van der Waals surface area contributed by atoms with Crippen molar-refractivity contribution in [1.29, 1.82) is 0 Å². The summed E-state index contributed by atoms with van der Waals surface area (Å²) < 4.78 is 31.3. The van der Waals surface area contributed by atoms with E-state index in [0.29, 0.717) is 0 Å². The molecule has 1 saturated carbocycles. The number of hydrogen-bond acceptors (Lipinski definition) is 3. The summed E-state index contributed by atoms with van der Waals surface area (Å²) in [5.74, 6) is -3.98. The summed E-state index contributed by atoms with van der Waals surface area (Å²) in [7, 11) is 0. The third-order valence-corrected chi connectivity index (χ3v) is 4.21. The van der Waals surface area contributed by atoms with Crippen LogP contribution in [0, 0.1) is 5.92 Å². The number of alkyl halides is 2. The molecule has 24 heavy (non-hydrogen) atoms. The van der Waals surface area contributed by atoms with Crippen LogP contribution in [0.4, 0.5) is 13.6 Å². The number of benzene rings is 1. The van der Waals surface area contributed by atoms with Crippen LogP contribution in [0.2, 0.25) is 0 Å². The van der Waals surface area contributed by atoms with E-state index in [9.17, 15) is 23.5 Å². The molecule has 2 N–H and O–H groups in total. The molecule has 0 unspecified atom stereocenters. The molecule has 132 valence electrons. The number of carboxylic acids is 1. The van der Waals surface area contributed by atoms with Gasteiger partial charge in [-0.2, -0.15) is 0 Å². The van der Waals surface area contributed by atoms with Crippen LogP contribution in [0.25, 0.3) is 0 Å². The van der Waals surface area contributed by atoms with Gasteiger partial charge in [-0.1, -0.05) is 30.3 Å². The van der Waals surface area contributed by atoms with Crippen LogP contribution < -0.4 is 5.32 Å². The fourth-order valence-corrected chi connectivity index (χ4v) is 2.80. The van der Waals surface area contributed by atoms with Gasteiger partial charge in [0.05, 0.1) is 0 Å². The summed E-state index contributed by atoms with van der Waals surface area (Å²) in [5, 5.41) is 11.5. The maximum absolute atomic E-state index is 13.1. The van der Waals surface area contributed by atoms with E-state index in [1.54, 1.807) is 24.3 Å². The quantitative estimate of drug-likeness (QED) is 0.829. The Morgan fingerprint density at radius 2 is 1.88 bits per heavy atom. The lowest BCUT2D eigenvalue weighted by Crippen LogP contribution is -2.43. The largest absolute Gasteiger partial charge is 0.480 e. The van der Waals surface area contributed by atoms with Gasteiger partial charge in [-0.05, 0) is 30.7 Å². The number of halogens is 2. The fourth-order valence-electron chi connectivity index (χ4n) is 2.80. The lowest BCUT2D eigenvalue weighted by atomic mass is 9.83. The molecule has 0 aliphatic heterocycles. The van der Waals surface area contributed by atoms with E-state index in [4.69, 9.17) is 4.74 Å². The van der Waals surface area contributed by atoms with E-state index in [1.165, 1.54) is 0 Å². The Kier molecular flexibility index (Phi) is 6.11. The first-order chi connectivity index (χ1) is 11.4. The summed E-state index contributed by atoms with van der Waals surface area (Å²) in [6.45, 7) is 0.0364. The van der Waals surface area contributed by atoms with E-state index < -0.39 is 24.0 Å². The van der Waals surface area contributed by atoms with Crippen LogP contribution in [-0.4, -0.2) is 29.1 Å². The highest BCUT2D eigenvalue weighted by Gasteiger charge is 2.36. The Morgan fingerprint density at radius 3 is 2.46 bits per heavy atom. The molecule has 0 aromatic heterocycles. The van der Waals surface area contributed by atoms with Crippen LogP contribution in [0.15, 0.2) is 30.3 Å². The number of ether oxygens (including phenoxy) is 1. The normalized spacial score (nSPS) is 18.6. The lowest BCUT2D eigenvalue weighted by molar-refractivity contribution is -0.140. The predicted octanol–water partition coefficient (Wildman–Crippen LogP) is 3.58. The number of rotatable bonds is 6. The first-order valence-corrected chi connectivity index (χ1v) is 7.93. The molecule has 1 amide bonds. The number of hydrogen-bond donors (Lipinski definition) is 2. The minimum Gasteiger partial charge on any atom is -0.480 e. The Hall–Kier alpha value is -2.18. The van der Waals surface area contributed by atoms with Crippen molar-refractivity contribution in [1.82, 2.24) is 5.32 Å². The van der Waals surface area contributed by atoms with Crippen LogP contribution in [0.1, 0.15) is 37.7 Å². The van der Waals surface area contributed by atoms with Gasteiger partial charge in [0, 0.05) is 12.8 Å². The molecule has 0 saturated heterocycles. The number of nitrogens with one attached hydrogen (secondary N) is 1. The van der Waals surface area contributed by atoms with Gasteiger partial charge in [-0.3, -0.25) is 0 Å². The standard InChI is InChI=1S/C17H21F2NO4/c18-17(19)8-6-12(7-9-17)10-14(15(21)22)20-16(23)24-11-13-4-2-1-3-5-13/h1-5,12,14H,6-11H2,(H,20,23)(H,21,22)/t14-/m1/s1. The van der Waals surface area contributed by atoms with Crippen LogP contribution in [-0.2, 0) is 16.1 Å². The number of carbonyl (C=O) groups is 2. The minimum absolute atomic E-state index is 0.0364. The van der Waals surface area contributed by atoms with Gasteiger partial charge >= 0.3 is 12.1 Å². The first-order valence-electron chi connectivity index (χ1n) is 7.93. The highest BCUT2D eigenvalue weighted by Crippen LogP contribution is 2.37. The molecule has 0 radical (unpaired) electrons. The van der Waals surface area contributed by atoms with E-state index in [1.807, 2.05) is 6.07 Å². The van der Waals surface area contributed by atoms with Crippen molar-refractivity contribution in [2.75, 3.05) is 0 Å². The van der Waals surface area contributed by atoms with Gasteiger partial charge in [0.2, 0.25) is 5.92 Å². The Morgan fingerprint density at radius 1 is 1.25 bits per heavy atom. The average molecular weight is 341 g/mol. The van der Waals surface area contributed by atoms with E-state index in [-0.39, 0.29) is 44.6 Å². The summed E-state index contributed by atoms with van der Waals surface area (Å²) in [6.07, 6.45) is -0.640. The molecule has 5 nitrogen and oxygen atoms in total. The zero-order valence-corrected chi connectivity index (χ0v) is 13.2. The predicted molar refractivity (Wildman–Crippen MR) is 82.7 cm³/mol. The number of carboxylic acid groups (broad SMARTS) is 1. The molecule has 0 spiro atoms. The molecule has 2 rings (SSSR count). The summed E-state index contributed by atoms with van der Waals surface area (Å²) in [6, 6.07) is 7.86. The van der Waals surface area contributed by atoms with Crippen molar-refractivity contribution in [2.24, 2.45) is 5.92 Å². The molecule has 7 heteroatoms. The topological polar surface area (TPSA) is 75.6 Å². The highest BCUT2D eigenvalue weighted by molar-refractivity contribution is 5.79. The van der Waals surface area contributed by atoms with Gasteiger partial charge in [-0.15, -0.1) is 0 Å². The van der Waals surface area contributed by atoms with Crippen LogP contribution in [0.3, 0.4) is 0 Å². The fraction of sp³-hybridized carbons (Fsp3) is 0.529. The van der Waals surface area contributed by atoms with E-state index >= 15 is 0 Å². The van der Waals surface area contributed by atoms with Crippen molar-refractivity contribution in [3.63, 3.8) is 0 Å². The van der Waals surface area contributed by atoms with Crippen molar-refractivity contribution >= 4 is 12.1 Å². The Balaban J connectivity index is 1.80. The molecule has 1 aliphatic rings. The number of amides is 1. The van der Waals surface area contributed by atoms with Crippen molar-refractivity contribution in [2.45, 2.75) is 50.7 Å². The molecular formula is C17H21F2NO4. The summed E-state index contributed by atoms with van der Waals surface area (Å²) in [4.78, 5) is 23.1. The Bertz CT molecular complexity index is 555. The molecule has 1 atom stereocenters. The third-order valence-electron chi connectivity index (χ3n) is 4.21. The SMILES string of the molecule is O=C(N[C@H](CC1CCC(F)(F)CC1)C(=O)O)OCc1ccccc1. The molecule has 1 aliphatic carbocycles. The molecule has 0 bridgehead atoms. The summed E-state index contributed by atoms with van der Waals surface area (Å²) >= 11 is 0. The van der Waals surface area contributed by atoms with Crippen molar-refractivity contribution in [3.8, 4) is 0 Å². The van der Waals surface area contributed by atoms with Crippen molar-refractivity contribution < 1.29 is 28.2 Å². The molecule has 0 heterocycles. The molecule has 1 aromatic rings. The van der Waals surface area contributed by atoms with Crippen LogP contribution >= 0.6 is 0 Å². The number of aliphatic carboxylic acids is 1. The molecular weight excluding hydrogens is 320 g/mol. The first kappa shape index (κ1) is 18.2. The third kappa shape index (κ3) is 5.79. The monoisotopic (exact) mass is 341 g/mol. The second-order valence-electron chi connectivity index (χ2n) is 6.13. The van der Waals surface area contributed by atoms with Gasteiger partial charge in [0.1, 0.15) is 12.6 Å². The number of carbonyl (C=O) groups excluding carboxylic acids is 1. The molecule has 1 aromatic carbocycles. The maximum atomic E-state index is 13.1. The van der Waals surface area contributed by atoms with Gasteiger partial charge in [0.25, 0.3) is 0 Å². The summed E-state index contributed by atoms with van der Waals surface area (Å²) in [5.41, 5.74) is 0.786. The maximum Gasteiger partial charge on any atom is 0.408 e. The Labute approximate surface area is 139 Å². The average Bonchev–Trinajstić information content (AvgIpc) is 2.55. The smallest absolute Gasteiger partial charge is 0.408 e. The zero-order valence-electron chi connectivity index (χ0n) is 13.2. The molecule has 1 fully saturated rings. The van der Waals surface area contributed by atoms with Crippen LogP contribution in [0.5, 0.6) is 0 Å². The van der Waals surface area contributed by atoms with Gasteiger partial charge in [0.15, 0.2) is 0 Å². The van der Waals surface area contributed by atoms with E-state index in [0.717, 1.165) is 5.56 Å². The number of alkyl carbamates (subject to hydrolysis) is 1. The van der Waals surface area contributed by atoms with E-state index in [2.05, 4.69) is 5.32 Å².